The second-order valence-electron chi connectivity index (χ2n) is 6.14. The maximum Gasteiger partial charge on any atom is 0.0534 e. The Morgan fingerprint density at radius 2 is 2.33 bits per heavy atom. The summed E-state index contributed by atoms with van der Waals surface area (Å²) in [6, 6.07) is 0. The summed E-state index contributed by atoms with van der Waals surface area (Å²) < 4.78 is 1.87. The molecule has 1 unspecified atom stereocenters. The van der Waals surface area contributed by atoms with Crippen molar-refractivity contribution >= 4 is 0 Å². The zero-order chi connectivity index (χ0) is 13.2. The van der Waals surface area contributed by atoms with Gasteiger partial charge in [0.05, 0.1) is 6.20 Å². The van der Waals surface area contributed by atoms with Crippen molar-refractivity contribution in [3.8, 4) is 0 Å². The first-order valence-corrected chi connectivity index (χ1v) is 6.89. The molecule has 1 atom stereocenters. The van der Waals surface area contributed by atoms with Crippen LogP contribution in [0.15, 0.2) is 12.4 Å². The molecular weight excluding hydrogens is 224 g/mol. The van der Waals surface area contributed by atoms with Gasteiger partial charge >= 0.3 is 0 Å². The van der Waals surface area contributed by atoms with Crippen LogP contribution in [0.5, 0.6) is 0 Å². The lowest BCUT2D eigenvalue weighted by Crippen LogP contribution is -2.40. The minimum atomic E-state index is 0.441. The number of nitrogens with one attached hydrogen (secondary N) is 1. The van der Waals surface area contributed by atoms with Gasteiger partial charge in [0.2, 0.25) is 0 Å². The van der Waals surface area contributed by atoms with E-state index in [0.29, 0.717) is 5.41 Å². The Balaban J connectivity index is 1.95. The smallest absolute Gasteiger partial charge is 0.0534 e. The van der Waals surface area contributed by atoms with Gasteiger partial charge in [-0.25, -0.2) is 0 Å². The van der Waals surface area contributed by atoms with Crippen LogP contribution >= 0.6 is 0 Å². The van der Waals surface area contributed by atoms with Crippen LogP contribution in [-0.2, 0) is 13.6 Å². The molecule has 1 aromatic heterocycles. The van der Waals surface area contributed by atoms with Gasteiger partial charge in [-0.3, -0.25) is 4.68 Å². The highest BCUT2D eigenvalue weighted by atomic mass is 15.2. The summed E-state index contributed by atoms with van der Waals surface area (Å²) in [4.78, 5) is 2.43. The van der Waals surface area contributed by atoms with Crippen LogP contribution in [0.3, 0.4) is 0 Å². The fourth-order valence-corrected chi connectivity index (χ4v) is 3.03. The summed E-state index contributed by atoms with van der Waals surface area (Å²) in [7, 11) is 4.19. The van der Waals surface area contributed by atoms with Crippen molar-refractivity contribution in [2.24, 2.45) is 18.4 Å². The van der Waals surface area contributed by atoms with Gasteiger partial charge in [-0.05, 0) is 31.3 Å². The summed E-state index contributed by atoms with van der Waals surface area (Å²) >= 11 is 0. The average molecular weight is 250 g/mol. The van der Waals surface area contributed by atoms with E-state index in [0.717, 1.165) is 25.6 Å². The molecule has 0 bridgehead atoms. The first kappa shape index (κ1) is 13.6. The van der Waals surface area contributed by atoms with E-state index in [1.807, 2.05) is 17.9 Å². The second kappa shape index (κ2) is 5.41. The molecule has 0 radical (unpaired) electrons. The van der Waals surface area contributed by atoms with Crippen molar-refractivity contribution in [3.63, 3.8) is 0 Å². The molecular formula is C14H26N4. The molecule has 0 amide bonds. The highest BCUT2D eigenvalue weighted by molar-refractivity contribution is 5.03. The Morgan fingerprint density at radius 3 is 2.83 bits per heavy atom. The maximum atomic E-state index is 4.23. The summed E-state index contributed by atoms with van der Waals surface area (Å²) in [5.41, 5.74) is 1.74. The quantitative estimate of drug-likeness (QED) is 0.859. The Labute approximate surface area is 110 Å². The van der Waals surface area contributed by atoms with Gasteiger partial charge in [-0.2, -0.15) is 5.10 Å². The maximum absolute atomic E-state index is 4.23. The zero-order valence-corrected chi connectivity index (χ0v) is 12.1. The molecule has 18 heavy (non-hydrogen) atoms. The van der Waals surface area contributed by atoms with Gasteiger partial charge in [0.15, 0.2) is 0 Å². The summed E-state index contributed by atoms with van der Waals surface area (Å²) in [6.07, 6.45) is 5.36. The second-order valence-corrected chi connectivity index (χ2v) is 6.14. The Kier molecular flexibility index (Phi) is 4.07. The lowest BCUT2D eigenvalue weighted by Gasteiger charge is -2.36. The number of aryl methyl sites for hydroxylation is 1. The van der Waals surface area contributed by atoms with Crippen LogP contribution in [0.1, 0.15) is 25.8 Å². The number of rotatable bonds is 5. The van der Waals surface area contributed by atoms with E-state index in [2.05, 4.69) is 42.4 Å². The van der Waals surface area contributed by atoms with E-state index >= 15 is 0 Å². The van der Waals surface area contributed by atoms with E-state index in [9.17, 15) is 0 Å². The molecule has 0 saturated carbocycles. The minimum absolute atomic E-state index is 0.441. The van der Waals surface area contributed by atoms with Crippen LogP contribution in [0, 0.1) is 11.3 Å². The van der Waals surface area contributed by atoms with Gasteiger partial charge < -0.3 is 10.2 Å². The van der Waals surface area contributed by atoms with Gasteiger partial charge in [-0.1, -0.05) is 13.8 Å². The Bertz CT molecular complexity index is 377. The minimum Gasteiger partial charge on any atom is -0.316 e. The Hall–Kier alpha value is -0.870. The standard InChI is InChI=1S/C14H26N4/c1-12(2)14(5-6-15-10-14)11-17(3)8-13-7-16-18(4)9-13/h7,9,12,15H,5-6,8,10-11H2,1-4H3. The highest BCUT2D eigenvalue weighted by Crippen LogP contribution is 2.34. The lowest BCUT2D eigenvalue weighted by atomic mass is 9.76. The van der Waals surface area contributed by atoms with Crippen molar-refractivity contribution in [3.05, 3.63) is 18.0 Å². The average Bonchev–Trinajstić information content (AvgIpc) is 2.89. The molecule has 4 heteroatoms. The molecule has 2 heterocycles. The molecule has 1 aromatic rings. The molecule has 0 spiro atoms. The first-order chi connectivity index (χ1) is 8.52. The molecule has 2 rings (SSSR count). The molecule has 1 saturated heterocycles. The molecule has 1 aliphatic rings. The normalized spacial score (nSPS) is 24.3. The number of aromatic nitrogens is 2. The summed E-state index contributed by atoms with van der Waals surface area (Å²) in [6.45, 7) is 9.17. The fourth-order valence-electron chi connectivity index (χ4n) is 3.03. The van der Waals surface area contributed by atoms with Crippen molar-refractivity contribution in [2.75, 3.05) is 26.7 Å². The number of hydrogen-bond donors (Lipinski definition) is 1. The molecule has 1 N–H and O–H groups in total. The Morgan fingerprint density at radius 1 is 1.56 bits per heavy atom. The van der Waals surface area contributed by atoms with Gasteiger partial charge in [0.1, 0.15) is 0 Å². The van der Waals surface area contributed by atoms with Crippen molar-refractivity contribution in [1.82, 2.24) is 20.0 Å². The lowest BCUT2D eigenvalue weighted by molar-refractivity contribution is 0.132. The number of hydrogen-bond acceptors (Lipinski definition) is 3. The third-order valence-electron chi connectivity index (χ3n) is 4.30. The van der Waals surface area contributed by atoms with Crippen molar-refractivity contribution < 1.29 is 0 Å². The van der Waals surface area contributed by atoms with Gasteiger partial charge in [0, 0.05) is 38.4 Å². The zero-order valence-electron chi connectivity index (χ0n) is 12.1. The van der Waals surface area contributed by atoms with Gasteiger partial charge in [0.25, 0.3) is 0 Å². The van der Waals surface area contributed by atoms with E-state index < -0.39 is 0 Å². The third-order valence-corrected chi connectivity index (χ3v) is 4.30. The topological polar surface area (TPSA) is 33.1 Å². The first-order valence-electron chi connectivity index (χ1n) is 6.89. The van der Waals surface area contributed by atoms with E-state index in [4.69, 9.17) is 0 Å². The SMILES string of the molecule is CC(C)C1(CN(C)Cc2cnn(C)c2)CCNC1. The van der Waals surface area contributed by atoms with Crippen LogP contribution in [0.4, 0.5) is 0 Å². The van der Waals surface area contributed by atoms with Gasteiger partial charge in [-0.15, -0.1) is 0 Å². The number of nitrogens with zero attached hydrogens (tertiary/aromatic N) is 3. The van der Waals surface area contributed by atoms with Crippen LogP contribution < -0.4 is 5.32 Å². The highest BCUT2D eigenvalue weighted by Gasteiger charge is 2.37. The predicted molar refractivity (Wildman–Crippen MR) is 74.3 cm³/mol. The molecule has 4 nitrogen and oxygen atoms in total. The van der Waals surface area contributed by atoms with E-state index in [1.54, 1.807) is 0 Å². The van der Waals surface area contributed by atoms with Crippen LogP contribution in [-0.4, -0.2) is 41.4 Å². The third kappa shape index (κ3) is 2.93. The molecule has 102 valence electrons. The monoisotopic (exact) mass is 250 g/mol. The predicted octanol–water partition coefficient (Wildman–Crippen LogP) is 1.49. The molecule has 0 aromatic carbocycles. The van der Waals surface area contributed by atoms with E-state index in [1.165, 1.54) is 18.5 Å². The van der Waals surface area contributed by atoms with Crippen molar-refractivity contribution in [2.45, 2.75) is 26.8 Å². The fraction of sp³-hybridized carbons (Fsp3) is 0.786. The molecule has 0 aliphatic carbocycles. The van der Waals surface area contributed by atoms with E-state index in [-0.39, 0.29) is 0 Å². The van der Waals surface area contributed by atoms with Crippen molar-refractivity contribution in [1.29, 1.82) is 0 Å². The summed E-state index contributed by atoms with van der Waals surface area (Å²) in [5, 5.41) is 7.76. The largest absolute Gasteiger partial charge is 0.316 e. The van der Waals surface area contributed by atoms with Crippen LogP contribution in [0.25, 0.3) is 0 Å². The molecule has 1 fully saturated rings. The molecule has 1 aliphatic heterocycles. The van der Waals surface area contributed by atoms with Crippen LogP contribution in [0.2, 0.25) is 0 Å². The summed E-state index contributed by atoms with van der Waals surface area (Å²) in [5.74, 6) is 0.726.